The Bertz CT molecular complexity index is 368. The van der Waals surface area contributed by atoms with Crippen molar-refractivity contribution < 1.29 is 0 Å². The molecule has 2 atom stereocenters. The van der Waals surface area contributed by atoms with Crippen molar-refractivity contribution in [3.63, 3.8) is 0 Å². The van der Waals surface area contributed by atoms with Gasteiger partial charge in [0, 0.05) is 17.5 Å². The Balaban J connectivity index is 1.58. The molecule has 2 unspecified atom stereocenters. The van der Waals surface area contributed by atoms with E-state index in [9.17, 15) is 0 Å². The van der Waals surface area contributed by atoms with Crippen LogP contribution in [-0.2, 0) is 6.42 Å². The lowest BCUT2D eigenvalue weighted by atomic mass is 9.99. The molecule has 2 aliphatic rings. The van der Waals surface area contributed by atoms with E-state index in [1.807, 2.05) is 11.3 Å². The normalized spacial score (nSPS) is 29.5. The van der Waals surface area contributed by atoms with Crippen LogP contribution >= 0.6 is 11.3 Å². The van der Waals surface area contributed by atoms with Gasteiger partial charge in [-0.1, -0.05) is 0 Å². The Kier molecular flexibility index (Phi) is 3.50. The minimum Gasteiger partial charge on any atom is -0.316 e. The SMILES string of the molecule is CC1c2ccsc2CCN1CCC1CCNC1. The van der Waals surface area contributed by atoms with E-state index in [0.717, 1.165) is 5.92 Å². The fourth-order valence-electron chi connectivity index (χ4n) is 3.18. The number of hydrogen-bond donors (Lipinski definition) is 1. The average Bonchev–Trinajstić information content (AvgIpc) is 2.99. The molecule has 94 valence electrons. The molecule has 0 bridgehead atoms. The molecule has 0 spiro atoms. The molecule has 0 amide bonds. The van der Waals surface area contributed by atoms with Crippen LogP contribution in [0.3, 0.4) is 0 Å². The summed E-state index contributed by atoms with van der Waals surface area (Å²) in [6.45, 7) is 7.38. The summed E-state index contributed by atoms with van der Waals surface area (Å²) in [6, 6.07) is 2.97. The van der Waals surface area contributed by atoms with E-state index in [-0.39, 0.29) is 0 Å². The van der Waals surface area contributed by atoms with Crippen LogP contribution in [0.5, 0.6) is 0 Å². The van der Waals surface area contributed by atoms with Gasteiger partial charge < -0.3 is 5.32 Å². The third kappa shape index (κ3) is 2.42. The van der Waals surface area contributed by atoms with Gasteiger partial charge in [-0.15, -0.1) is 11.3 Å². The van der Waals surface area contributed by atoms with Crippen LogP contribution < -0.4 is 5.32 Å². The highest BCUT2D eigenvalue weighted by Gasteiger charge is 2.25. The third-order valence-corrected chi connectivity index (χ3v) is 5.39. The highest BCUT2D eigenvalue weighted by atomic mass is 32.1. The van der Waals surface area contributed by atoms with E-state index in [2.05, 4.69) is 28.6 Å². The molecule has 0 aliphatic carbocycles. The standard InChI is InChI=1S/C14H22N2S/c1-11-13-5-9-17-14(13)4-8-16(11)7-3-12-2-6-15-10-12/h5,9,11-12,15H,2-4,6-8,10H2,1H3. The summed E-state index contributed by atoms with van der Waals surface area (Å²) in [6.07, 6.45) is 4.02. The molecule has 17 heavy (non-hydrogen) atoms. The Morgan fingerprint density at radius 2 is 2.47 bits per heavy atom. The summed E-state index contributed by atoms with van der Waals surface area (Å²) >= 11 is 1.94. The smallest absolute Gasteiger partial charge is 0.0331 e. The summed E-state index contributed by atoms with van der Waals surface area (Å²) in [7, 11) is 0. The second-order valence-corrected chi connectivity index (χ2v) is 6.41. The molecule has 1 aromatic heterocycles. The minimum atomic E-state index is 0.638. The summed E-state index contributed by atoms with van der Waals surface area (Å²) in [4.78, 5) is 4.30. The largest absolute Gasteiger partial charge is 0.316 e. The predicted octanol–water partition coefficient (Wildman–Crippen LogP) is 2.67. The molecule has 0 aromatic carbocycles. The molecule has 1 fully saturated rings. The first-order chi connectivity index (χ1) is 8.34. The zero-order valence-corrected chi connectivity index (χ0v) is 11.4. The zero-order valence-electron chi connectivity index (χ0n) is 10.6. The van der Waals surface area contributed by atoms with Crippen molar-refractivity contribution in [1.29, 1.82) is 0 Å². The molecular weight excluding hydrogens is 228 g/mol. The first kappa shape index (κ1) is 11.7. The lowest BCUT2D eigenvalue weighted by molar-refractivity contribution is 0.188. The Hall–Kier alpha value is -0.380. The van der Waals surface area contributed by atoms with Gasteiger partial charge in [0.1, 0.15) is 0 Å². The molecular formula is C14H22N2S. The first-order valence-corrected chi connectivity index (χ1v) is 7.73. The zero-order chi connectivity index (χ0) is 11.7. The average molecular weight is 250 g/mol. The summed E-state index contributed by atoms with van der Waals surface area (Å²) < 4.78 is 0. The number of nitrogens with one attached hydrogen (secondary N) is 1. The Morgan fingerprint density at radius 3 is 3.29 bits per heavy atom. The van der Waals surface area contributed by atoms with Crippen LogP contribution in [0, 0.1) is 5.92 Å². The molecule has 3 heteroatoms. The van der Waals surface area contributed by atoms with E-state index in [0.29, 0.717) is 6.04 Å². The maximum atomic E-state index is 3.47. The quantitative estimate of drug-likeness (QED) is 0.887. The summed E-state index contributed by atoms with van der Waals surface area (Å²) in [5.74, 6) is 0.922. The number of hydrogen-bond acceptors (Lipinski definition) is 3. The van der Waals surface area contributed by atoms with E-state index >= 15 is 0 Å². The van der Waals surface area contributed by atoms with Crippen LogP contribution in [0.1, 0.15) is 36.2 Å². The molecule has 3 rings (SSSR count). The van der Waals surface area contributed by atoms with Crippen LogP contribution in [0.25, 0.3) is 0 Å². The molecule has 2 aliphatic heterocycles. The third-order valence-electron chi connectivity index (χ3n) is 4.39. The van der Waals surface area contributed by atoms with Gasteiger partial charge in [0.25, 0.3) is 0 Å². The van der Waals surface area contributed by atoms with Crippen LogP contribution in [0.15, 0.2) is 11.4 Å². The number of fused-ring (bicyclic) bond motifs is 1. The highest BCUT2D eigenvalue weighted by Crippen LogP contribution is 2.33. The molecule has 2 nitrogen and oxygen atoms in total. The van der Waals surface area contributed by atoms with Crippen LogP contribution in [0.2, 0.25) is 0 Å². The van der Waals surface area contributed by atoms with Crippen molar-refractivity contribution >= 4 is 11.3 Å². The maximum absolute atomic E-state index is 3.47. The van der Waals surface area contributed by atoms with Crippen molar-refractivity contribution in [2.45, 2.75) is 32.2 Å². The molecule has 1 aromatic rings. The minimum absolute atomic E-state index is 0.638. The van der Waals surface area contributed by atoms with E-state index in [4.69, 9.17) is 0 Å². The number of nitrogens with zero attached hydrogens (tertiary/aromatic N) is 1. The van der Waals surface area contributed by atoms with E-state index < -0.39 is 0 Å². The van der Waals surface area contributed by atoms with E-state index in [1.165, 1.54) is 45.4 Å². The molecule has 3 heterocycles. The number of rotatable bonds is 3. The summed E-state index contributed by atoms with van der Waals surface area (Å²) in [5, 5.41) is 5.72. The van der Waals surface area contributed by atoms with E-state index in [1.54, 1.807) is 10.4 Å². The topological polar surface area (TPSA) is 15.3 Å². The lowest BCUT2D eigenvalue weighted by Gasteiger charge is -2.34. The summed E-state index contributed by atoms with van der Waals surface area (Å²) in [5.41, 5.74) is 1.59. The van der Waals surface area contributed by atoms with Gasteiger partial charge in [-0.3, -0.25) is 4.90 Å². The predicted molar refractivity (Wildman–Crippen MR) is 73.6 cm³/mol. The number of thiophene rings is 1. The van der Waals surface area contributed by atoms with Gasteiger partial charge in [0.2, 0.25) is 0 Å². The van der Waals surface area contributed by atoms with Crippen molar-refractivity contribution in [2.75, 3.05) is 26.2 Å². The second kappa shape index (κ2) is 5.09. The fourth-order valence-corrected chi connectivity index (χ4v) is 4.14. The molecule has 0 saturated carbocycles. The van der Waals surface area contributed by atoms with Gasteiger partial charge in [-0.2, -0.15) is 0 Å². The molecule has 1 saturated heterocycles. The molecule has 1 N–H and O–H groups in total. The lowest BCUT2D eigenvalue weighted by Crippen LogP contribution is -2.34. The van der Waals surface area contributed by atoms with Crippen molar-refractivity contribution in [2.24, 2.45) is 5.92 Å². The van der Waals surface area contributed by atoms with Crippen molar-refractivity contribution in [1.82, 2.24) is 10.2 Å². The van der Waals surface area contributed by atoms with Gasteiger partial charge in [0.05, 0.1) is 0 Å². The van der Waals surface area contributed by atoms with Gasteiger partial charge >= 0.3 is 0 Å². The van der Waals surface area contributed by atoms with Crippen molar-refractivity contribution in [3.8, 4) is 0 Å². The fraction of sp³-hybridized carbons (Fsp3) is 0.714. The van der Waals surface area contributed by atoms with Gasteiger partial charge in [-0.25, -0.2) is 0 Å². The highest BCUT2D eigenvalue weighted by molar-refractivity contribution is 7.10. The van der Waals surface area contributed by atoms with Gasteiger partial charge in [0.15, 0.2) is 0 Å². The Morgan fingerprint density at radius 1 is 1.53 bits per heavy atom. The second-order valence-electron chi connectivity index (χ2n) is 5.41. The van der Waals surface area contributed by atoms with Crippen molar-refractivity contribution in [3.05, 3.63) is 21.9 Å². The molecule has 0 radical (unpaired) electrons. The Labute approximate surface area is 108 Å². The van der Waals surface area contributed by atoms with Crippen LogP contribution in [0.4, 0.5) is 0 Å². The monoisotopic (exact) mass is 250 g/mol. The maximum Gasteiger partial charge on any atom is 0.0331 e. The van der Waals surface area contributed by atoms with Gasteiger partial charge in [-0.05, 0) is 68.7 Å². The first-order valence-electron chi connectivity index (χ1n) is 6.85. The van der Waals surface area contributed by atoms with Crippen LogP contribution in [-0.4, -0.2) is 31.1 Å².